The third kappa shape index (κ3) is 6.08. The topological polar surface area (TPSA) is 79.0 Å². The second-order valence-electron chi connectivity index (χ2n) is 8.68. The van der Waals surface area contributed by atoms with Crippen molar-refractivity contribution in [2.75, 3.05) is 37.7 Å². The first-order valence-corrected chi connectivity index (χ1v) is 13.1. The van der Waals surface area contributed by atoms with Crippen LogP contribution in [0.5, 0.6) is 0 Å². The van der Waals surface area contributed by atoms with Gasteiger partial charge in [0.05, 0.1) is 23.8 Å². The standard InChI is InChI=1S/C27H31N3O4S/c1-21-10-12-25(13-11-21)29(2)35(32,33)26-9-5-8-22(18-26)27(31)28-19-23-6-3-4-7-24(23)20-30-14-16-34-17-15-30/h3-13,18H,14-17,19-20H2,1-2H3,(H,28,31). The van der Waals surface area contributed by atoms with E-state index in [4.69, 9.17) is 4.74 Å². The number of carbonyl (C=O) groups excluding carboxylic acids is 1. The predicted molar refractivity (Wildman–Crippen MR) is 137 cm³/mol. The Hall–Kier alpha value is -3.20. The Morgan fingerprint density at radius 2 is 1.66 bits per heavy atom. The van der Waals surface area contributed by atoms with E-state index in [-0.39, 0.29) is 10.8 Å². The normalized spacial score (nSPS) is 14.5. The minimum Gasteiger partial charge on any atom is -0.379 e. The summed E-state index contributed by atoms with van der Waals surface area (Å²) in [5.74, 6) is -0.318. The second-order valence-corrected chi connectivity index (χ2v) is 10.6. The van der Waals surface area contributed by atoms with Crippen molar-refractivity contribution < 1.29 is 17.9 Å². The van der Waals surface area contributed by atoms with Gasteiger partial charge in [0.15, 0.2) is 0 Å². The van der Waals surface area contributed by atoms with Crippen LogP contribution in [0.15, 0.2) is 77.7 Å². The van der Waals surface area contributed by atoms with Gasteiger partial charge < -0.3 is 10.1 Å². The first-order valence-electron chi connectivity index (χ1n) is 11.7. The Balaban J connectivity index is 1.45. The number of hydrogen-bond donors (Lipinski definition) is 1. The summed E-state index contributed by atoms with van der Waals surface area (Å²) in [7, 11) is -2.30. The van der Waals surface area contributed by atoms with E-state index in [1.165, 1.54) is 23.5 Å². The molecule has 0 aromatic heterocycles. The highest BCUT2D eigenvalue weighted by Crippen LogP contribution is 2.23. The molecule has 1 heterocycles. The third-order valence-corrected chi connectivity index (χ3v) is 7.99. The van der Waals surface area contributed by atoms with Crippen molar-refractivity contribution in [2.45, 2.75) is 24.9 Å². The maximum absolute atomic E-state index is 13.2. The molecule has 35 heavy (non-hydrogen) atoms. The molecule has 0 aliphatic carbocycles. The van der Waals surface area contributed by atoms with Crippen LogP contribution < -0.4 is 9.62 Å². The molecule has 3 aromatic rings. The largest absolute Gasteiger partial charge is 0.379 e. The van der Waals surface area contributed by atoms with E-state index in [0.29, 0.717) is 17.8 Å². The number of aryl methyl sites for hydroxylation is 1. The molecule has 1 aliphatic rings. The molecule has 1 saturated heterocycles. The Bertz CT molecular complexity index is 1270. The van der Waals surface area contributed by atoms with Gasteiger partial charge in [-0.2, -0.15) is 0 Å². The van der Waals surface area contributed by atoms with Crippen molar-refractivity contribution in [3.8, 4) is 0 Å². The molecule has 1 fully saturated rings. The van der Waals surface area contributed by atoms with Crippen LogP contribution >= 0.6 is 0 Å². The van der Waals surface area contributed by atoms with Crippen LogP contribution in [0.1, 0.15) is 27.0 Å². The summed E-state index contributed by atoms with van der Waals surface area (Å²) >= 11 is 0. The first kappa shape index (κ1) is 24.9. The molecule has 0 atom stereocenters. The number of hydrogen-bond acceptors (Lipinski definition) is 5. The molecule has 7 nitrogen and oxygen atoms in total. The van der Waals surface area contributed by atoms with Crippen molar-refractivity contribution in [1.82, 2.24) is 10.2 Å². The molecular weight excluding hydrogens is 462 g/mol. The summed E-state index contributed by atoms with van der Waals surface area (Å²) in [6, 6.07) is 21.4. The maximum Gasteiger partial charge on any atom is 0.264 e. The van der Waals surface area contributed by atoms with E-state index >= 15 is 0 Å². The van der Waals surface area contributed by atoms with Crippen LogP contribution in [-0.4, -0.2) is 52.6 Å². The Kier molecular flexibility index (Phi) is 7.85. The smallest absolute Gasteiger partial charge is 0.264 e. The van der Waals surface area contributed by atoms with Crippen molar-refractivity contribution in [3.63, 3.8) is 0 Å². The molecule has 0 unspecified atom stereocenters. The zero-order valence-electron chi connectivity index (χ0n) is 20.1. The maximum atomic E-state index is 13.2. The van der Waals surface area contributed by atoms with E-state index in [9.17, 15) is 13.2 Å². The van der Waals surface area contributed by atoms with Gasteiger partial charge in [0.25, 0.3) is 15.9 Å². The number of benzene rings is 3. The summed E-state index contributed by atoms with van der Waals surface area (Å²) < 4.78 is 33.0. The zero-order valence-corrected chi connectivity index (χ0v) is 20.9. The van der Waals surface area contributed by atoms with Crippen molar-refractivity contribution in [3.05, 3.63) is 95.1 Å². The predicted octanol–water partition coefficient (Wildman–Crippen LogP) is 3.58. The summed E-state index contributed by atoms with van der Waals surface area (Å²) in [5.41, 5.74) is 4.10. The van der Waals surface area contributed by atoms with Gasteiger partial charge in [-0.1, -0.05) is 48.0 Å². The summed E-state index contributed by atoms with van der Waals surface area (Å²) in [6.07, 6.45) is 0. The molecule has 0 spiro atoms. The SMILES string of the molecule is Cc1ccc(N(C)S(=O)(=O)c2cccc(C(=O)NCc3ccccc3CN3CCOCC3)c2)cc1. The summed E-state index contributed by atoms with van der Waals surface area (Å²) in [4.78, 5) is 15.3. The fraction of sp³-hybridized carbons (Fsp3) is 0.296. The van der Waals surface area contributed by atoms with Crippen LogP contribution in [0.3, 0.4) is 0 Å². The van der Waals surface area contributed by atoms with E-state index in [1.807, 2.05) is 37.3 Å². The van der Waals surface area contributed by atoms with Crippen LogP contribution in [0, 0.1) is 6.92 Å². The van der Waals surface area contributed by atoms with Gasteiger partial charge >= 0.3 is 0 Å². The molecule has 1 N–H and O–H groups in total. The molecule has 184 valence electrons. The van der Waals surface area contributed by atoms with Gasteiger partial charge in [-0.15, -0.1) is 0 Å². The molecule has 8 heteroatoms. The number of sulfonamides is 1. The molecule has 1 aliphatic heterocycles. The van der Waals surface area contributed by atoms with Crippen molar-refractivity contribution >= 4 is 21.6 Å². The van der Waals surface area contributed by atoms with E-state index in [2.05, 4.69) is 16.3 Å². The lowest BCUT2D eigenvalue weighted by Gasteiger charge is -2.27. The van der Waals surface area contributed by atoms with E-state index in [1.54, 1.807) is 24.3 Å². The molecule has 0 saturated carbocycles. The van der Waals surface area contributed by atoms with Gasteiger partial charge in [-0.3, -0.25) is 14.0 Å². The van der Waals surface area contributed by atoms with Gasteiger partial charge in [0, 0.05) is 38.8 Å². The molecule has 0 bridgehead atoms. The van der Waals surface area contributed by atoms with Gasteiger partial charge in [-0.05, 0) is 48.4 Å². The summed E-state index contributed by atoms with van der Waals surface area (Å²) in [5, 5.41) is 2.95. The number of rotatable bonds is 8. The second kappa shape index (κ2) is 11.0. The van der Waals surface area contributed by atoms with Gasteiger partial charge in [0.2, 0.25) is 0 Å². The third-order valence-electron chi connectivity index (χ3n) is 6.21. The Morgan fingerprint density at radius 1 is 0.971 bits per heavy atom. The molecular formula is C27H31N3O4S. The average molecular weight is 494 g/mol. The number of anilines is 1. The number of nitrogens with one attached hydrogen (secondary N) is 1. The monoisotopic (exact) mass is 493 g/mol. The molecule has 4 rings (SSSR count). The first-order chi connectivity index (χ1) is 16.8. The molecule has 3 aromatic carbocycles. The van der Waals surface area contributed by atoms with Gasteiger partial charge in [-0.25, -0.2) is 8.42 Å². The lowest BCUT2D eigenvalue weighted by Crippen LogP contribution is -2.36. The average Bonchev–Trinajstić information content (AvgIpc) is 2.88. The highest BCUT2D eigenvalue weighted by atomic mass is 32.2. The lowest BCUT2D eigenvalue weighted by atomic mass is 10.1. The minimum atomic E-state index is -3.81. The van der Waals surface area contributed by atoms with Crippen LogP contribution in [0.25, 0.3) is 0 Å². The highest BCUT2D eigenvalue weighted by Gasteiger charge is 2.22. The lowest BCUT2D eigenvalue weighted by molar-refractivity contribution is 0.0340. The number of amides is 1. The minimum absolute atomic E-state index is 0.0703. The quantitative estimate of drug-likeness (QED) is 0.519. The Morgan fingerprint density at radius 3 is 2.37 bits per heavy atom. The summed E-state index contributed by atoms with van der Waals surface area (Å²) in [6.45, 7) is 6.35. The van der Waals surface area contributed by atoms with Crippen LogP contribution in [0.4, 0.5) is 5.69 Å². The number of morpholine rings is 1. The fourth-order valence-corrected chi connectivity index (χ4v) is 5.25. The number of nitrogens with zero attached hydrogens (tertiary/aromatic N) is 2. The van der Waals surface area contributed by atoms with Crippen molar-refractivity contribution in [1.29, 1.82) is 0 Å². The van der Waals surface area contributed by atoms with E-state index < -0.39 is 10.0 Å². The number of carbonyl (C=O) groups is 1. The van der Waals surface area contributed by atoms with Crippen LogP contribution in [-0.2, 0) is 27.8 Å². The van der Waals surface area contributed by atoms with Crippen molar-refractivity contribution in [2.24, 2.45) is 0 Å². The Labute approximate surface area is 207 Å². The van der Waals surface area contributed by atoms with E-state index in [0.717, 1.165) is 49.5 Å². The molecule has 1 amide bonds. The zero-order chi connectivity index (χ0) is 24.8. The number of ether oxygens (including phenoxy) is 1. The molecule has 0 radical (unpaired) electrons. The van der Waals surface area contributed by atoms with Gasteiger partial charge in [0.1, 0.15) is 0 Å². The fourth-order valence-electron chi connectivity index (χ4n) is 4.01. The van der Waals surface area contributed by atoms with Crippen LogP contribution in [0.2, 0.25) is 0 Å². The highest BCUT2D eigenvalue weighted by molar-refractivity contribution is 7.92.